The molecule has 0 spiro atoms. The third-order valence-corrected chi connectivity index (χ3v) is 1.44. The smallest absolute Gasteiger partial charge is 0.122 e. The van der Waals surface area contributed by atoms with Gasteiger partial charge in [0.1, 0.15) is 5.82 Å². The summed E-state index contributed by atoms with van der Waals surface area (Å²) in [5.41, 5.74) is 0.947. The standard InChI is InChI=1S/C6H7N.C5H6N2.2C2H6.CH4/c1-6-4-2-3-5-7-6;1-5-6-3-2-4-7-5;2*1-2;/h2-5,7H,1H2;2-4,6H,1H2;2*1-2H3;1H4. The average molecular weight is 263 g/mol. The number of nitrogens with zero attached hydrogens (tertiary/aromatic N) is 1. The van der Waals surface area contributed by atoms with E-state index in [4.69, 9.17) is 0 Å². The molecule has 3 nitrogen and oxygen atoms in total. The average Bonchev–Trinajstić information content (AvgIpc) is 2.46. The fraction of sp³-hybridized carbons (Fsp3) is 0.312. The highest BCUT2D eigenvalue weighted by Crippen LogP contribution is 1.92. The minimum atomic E-state index is 0. The molecule has 3 heteroatoms. The van der Waals surface area contributed by atoms with Gasteiger partial charge in [0, 0.05) is 24.3 Å². The lowest BCUT2D eigenvalue weighted by Crippen LogP contribution is -2.03. The van der Waals surface area contributed by atoms with Crippen LogP contribution in [0.3, 0.4) is 0 Å². The molecule has 0 atom stereocenters. The first-order chi connectivity index (χ1) is 8.79. The Labute approximate surface area is 119 Å². The number of hydrogen-bond acceptors (Lipinski definition) is 3. The van der Waals surface area contributed by atoms with Gasteiger partial charge in [-0.15, -0.1) is 0 Å². The summed E-state index contributed by atoms with van der Waals surface area (Å²) in [6.07, 6.45) is 12.9. The molecule has 0 fully saturated rings. The Morgan fingerprint density at radius 3 is 1.68 bits per heavy atom. The van der Waals surface area contributed by atoms with E-state index in [2.05, 4.69) is 28.8 Å². The lowest BCUT2D eigenvalue weighted by atomic mass is 10.3. The molecule has 2 heterocycles. The Hall–Kier alpha value is -2.03. The Bertz CT molecular complexity index is 300. The van der Waals surface area contributed by atoms with Gasteiger partial charge in [0.25, 0.3) is 0 Å². The van der Waals surface area contributed by atoms with Gasteiger partial charge < -0.3 is 10.6 Å². The van der Waals surface area contributed by atoms with Crippen LogP contribution in [0.15, 0.2) is 66.4 Å². The predicted molar refractivity (Wildman–Crippen MR) is 89.9 cm³/mol. The summed E-state index contributed by atoms with van der Waals surface area (Å²) >= 11 is 0. The molecule has 0 amide bonds. The molecular formula is C16H29N3. The van der Waals surface area contributed by atoms with E-state index in [1.807, 2.05) is 58.2 Å². The molecule has 0 unspecified atom stereocenters. The Morgan fingerprint density at radius 2 is 1.47 bits per heavy atom. The SMILES string of the molecule is C.C=C1C=CC=CN1.C=C1N=CC=CN1.CC.CC. The van der Waals surface area contributed by atoms with E-state index in [0.29, 0.717) is 5.82 Å². The maximum absolute atomic E-state index is 3.81. The van der Waals surface area contributed by atoms with Gasteiger partial charge in [-0.1, -0.05) is 54.4 Å². The van der Waals surface area contributed by atoms with E-state index in [1.54, 1.807) is 12.4 Å². The van der Waals surface area contributed by atoms with Crippen LogP contribution in [0.5, 0.6) is 0 Å². The van der Waals surface area contributed by atoms with Crippen molar-refractivity contribution in [3.8, 4) is 0 Å². The van der Waals surface area contributed by atoms with E-state index in [0.717, 1.165) is 5.70 Å². The molecule has 0 aliphatic carbocycles. The molecular weight excluding hydrogens is 234 g/mol. The summed E-state index contributed by atoms with van der Waals surface area (Å²) < 4.78 is 0. The molecule has 0 bridgehead atoms. The zero-order valence-corrected chi connectivity index (χ0v) is 11.9. The first-order valence-electron chi connectivity index (χ1n) is 6.22. The summed E-state index contributed by atoms with van der Waals surface area (Å²) in [7, 11) is 0. The molecule has 2 N–H and O–H groups in total. The molecule has 0 saturated carbocycles. The minimum Gasteiger partial charge on any atom is -0.362 e. The Kier molecular flexibility index (Phi) is 21.4. The van der Waals surface area contributed by atoms with Gasteiger partial charge >= 0.3 is 0 Å². The van der Waals surface area contributed by atoms with Gasteiger partial charge in [-0.2, -0.15) is 0 Å². The van der Waals surface area contributed by atoms with Crippen molar-refractivity contribution < 1.29 is 0 Å². The number of nitrogens with one attached hydrogen (secondary N) is 2. The molecule has 0 aromatic carbocycles. The molecule has 0 radical (unpaired) electrons. The highest BCUT2D eigenvalue weighted by atomic mass is 15.0. The van der Waals surface area contributed by atoms with Crippen molar-refractivity contribution in [3.63, 3.8) is 0 Å². The van der Waals surface area contributed by atoms with Gasteiger partial charge in [-0.05, 0) is 18.2 Å². The van der Waals surface area contributed by atoms with E-state index < -0.39 is 0 Å². The second kappa shape index (κ2) is 18.3. The van der Waals surface area contributed by atoms with Gasteiger partial charge in [0.2, 0.25) is 0 Å². The first-order valence-corrected chi connectivity index (χ1v) is 6.22. The monoisotopic (exact) mass is 263 g/mol. The van der Waals surface area contributed by atoms with Crippen molar-refractivity contribution >= 4 is 6.21 Å². The molecule has 0 saturated heterocycles. The van der Waals surface area contributed by atoms with Crippen molar-refractivity contribution in [1.29, 1.82) is 0 Å². The number of dihydropyridines is 1. The fourth-order valence-corrected chi connectivity index (χ4v) is 0.788. The summed E-state index contributed by atoms with van der Waals surface area (Å²) in [4.78, 5) is 3.81. The van der Waals surface area contributed by atoms with Gasteiger partial charge in [-0.3, -0.25) is 0 Å². The largest absolute Gasteiger partial charge is 0.362 e. The second-order valence-corrected chi connectivity index (χ2v) is 2.62. The summed E-state index contributed by atoms with van der Waals surface area (Å²) in [5.74, 6) is 0.697. The van der Waals surface area contributed by atoms with E-state index >= 15 is 0 Å². The maximum atomic E-state index is 3.81. The third-order valence-electron chi connectivity index (χ3n) is 1.44. The van der Waals surface area contributed by atoms with Crippen LogP contribution in [0.2, 0.25) is 0 Å². The topological polar surface area (TPSA) is 36.4 Å². The molecule has 2 rings (SSSR count). The van der Waals surface area contributed by atoms with Crippen molar-refractivity contribution in [2.75, 3.05) is 0 Å². The third kappa shape index (κ3) is 16.0. The summed E-state index contributed by atoms with van der Waals surface area (Å²) in [5, 5.41) is 5.73. The lowest BCUT2D eigenvalue weighted by molar-refractivity contribution is 1.03. The first kappa shape index (κ1) is 22.2. The summed E-state index contributed by atoms with van der Waals surface area (Å²) in [6, 6.07) is 0. The number of aliphatic imine (C=N–C) groups is 1. The molecule has 108 valence electrons. The van der Waals surface area contributed by atoms with Crippen LogP contribution in [0.4, 0.5) is 0 Å². The van der Waals surface area contributed by atoms with Gasteiger partial charge in [0.15, 0.2) is 0 Å². The van der Waals surface area contributed by atoms with Crippen molar-refractivity contribution in [3.05, 3.63) is 61.4 Å². The van der Waals surface area contributed by atoms with E-state index in [9.17, 15) is 0 Å². The second-order valence-electron chi connectivity index (χ2n) is 2.62. The Morgan fingerprint density at radius 1 is 0.895 bits per heavy atom. The van der Waals surface area contributed by atoms with Crippen LogP contribution in [0, 0.1) is 0 Å². The number of hydrogen-bond donors (Lipinski definition) is 2. The fourth-order valence-electron chi connectivity index (χ4n) is 0.788. The van der Waals surface area contributed by atoms with Crippen molar-refractivity contribution in [1.82, 2.24) is 10.6 Å². The van der Waals surface area contributed by atoms with E-state index in [1.165, 1.54) is 0 Å². The zero-order chi connectivity index (χ0) is 14.2. The van der Waals surface area contributed by atoms with Crippen LogP contribution in [-0.2, 0) is 0 Å². The van der Waals surface area contributed by atoms with Crippen LogP contribution in [-0.4, -0.2) is 6.21 Å². The van der Waals surface area contributed by atoms with Crippen molar-refractivity contribution in [2.45, 2.75) is 35.1 Å². The quantitative estimate of drug-likeness (QED) is 0.674. The molecule has 2 aliphatic heterocycles. The zero-order valence-electron chi connectivity index (χ0n) is 11.9. The predicted octanol–water partition coefficient (Wildman–Crippen LogP) is 4.51. The highest BCUT2D eigenvalue weighted by Gasteiger charge is 1.83. The highest BCUT2D eigenvalue weighted by molar-refractivity contribution is 5.73. The number of allylic oxidation sites excluding steroid dienone is 4. The molecule has 2 aliphatic rings. The van der Waals surface area contributed by atoms with Crippen molar-refractivity contribution in [2.24, 2.45) is 4.99 Å². The Balaban J connectivity index is -0.000000205. The number of rotatable bonds is 0. The molecule has 19 heavy (non-hydrogen) atoms. The minimum absolute atomic E-state index is 0. The maximum Gasteiger partial charge on any atom is 0.122 e. The van der Waals surface area contributed by atoms with E-state index in [-0.39, 0.29) is 7.43 Å². The molecule has 0 aromatic rings. The summed E-state index contributed by atoms with van der Waals surface area (Å²) in [6.45, 7) is 15.2. The lowest BCUT2D eigenvalue weighted by Gasteiger charge is -1.99. The van der Waals surface area contributed by atoms with Gasteiger partial charge in [0.05, 0.1) is 0 Å². The van der Waals surface area contributed by atoms with Crippen LogP contribution in [0.1, 0.15) is 35.1 Å². The van der Waals surface area contributed by atoms with Crippen LogP contribution >= 0.6 is 0 Å². The van der Waals surface area contributed by atoms with Crippen LogP contribution < -0.4 is 10.6 Å². The molecule has 0 aromatic heterocycles. The van der Waals surface area contributed by atoms with Crippen LogP contribution in [0.25, 0.3) is 0 Å². The normalized spacial score (nSPS) is 13.1. The van der Waals surface area contributed by atoms with Gasteiger partial charge in [-0.25, -0.2) is 4.99 Å².